The van der Waals surface area contributed by atoms with Gasteiger partial charge in [0.15, 0.2) is 12.4 Å². The molecule has 10 heteroatoms. The molecule has 39 heavy (non-hydrogen) atoms. The predicted octanol–water partition coefficient (Wildman–Crippen LogP) is 5.49. The summed E-state index contributed by atoms with van der Waals surface area (Å²) in [5.74, 6) is 3.09. The first-order valence-electron chi connectivity index (χ1n) is 13.2. The highest BCUT2D eigenvalue weighted by molar-refractivity contribution is 7.98. The van der Waals surface area contributed by atoms with E-state index in [4.69, 9.17) is 9.47 Å². The minimum Gasteiger partial charge on any atom is -0.494 e. The van der Waals surface area contributed by atoms with Crippen molar-refractivity contribution in [2.75, 3.05) is 35.9 Å². The summed E-state index contributed by atoms with van der Waals surface area (Å²) < 4.78 is 11.7. The number of thioether (sulfide) groups is 1. The van der Waals surface area contributed by atoms with Gasteiger partial charge < -0.3 is 25.4 Å². The topological polar surface area (TPSA) is 114 Å². The third-order valence-electron chi connectivity index (χ3n) is 6.17. The number of benzene rings is 2. The van der Waals surface area contributed by atoms with Crippen LogP contribution in [0.3, 0.4) is 0 Å². The average molecular weight is 550 g/mol. The normalized spacial score (nSPS) is 17.3. The molecule has 0 spiro atoms. The van der Waals surface area contributed by atoms with Crippen LogP contribution in [0.15, 0.2) is 60.9 Å². The van der Waals surface area contributed by atoms with Crippen molar-refractivity contribution in [3.8, 4) is 11.5 Å². The quantitative estimate of drug-likeness (QED) is 0.390. The van der Waals surface area contributed by atoms with Gasteiger partial charge in [-0.25, -0.2) is 9.97 Å². The fourth-order valence-corrected chi connectivity index (χ4v) is 4.64. The van der Waals surface area contributed by atoms with Crippen LogP contribution in [0.4, 0.5) is 23.0 Å². The van der Waals surface area contributed by atoms with Gasteiger partial charge in [-0.05, 0) is 55.5 Å². The van der Waals surface area contributed by atoms with Gasteiger partial charge in [-0.15, -0.1) is 0 Å². The van der Waals surface area contributed by atoms with Crippen molar-refractivity contribution in [3.05, 3.63) is 60.9 Å². The maximum atomic E-state index is 12.9. The molecule has 9 nitrogen and oxygen atoms in total. The van der Waals surface area contributed by atoms with E-state index in [2.05, 4.69) is 25.9 Å². The summed E-state index contributed by atoms with van der Waals surface area (Å²) in [6, 6.07) is 16.3. The molecule has 1 aliphatic heterocycles. The smallest absolute Gasteiger partial charge is 0.258 e. The Kier molecular flexibility index (Phi) is 10.8. The van der Waals surface area contributed by atoms with E-state index in [-0.39, 0.29) is 18.3 Å². The number of nitrogens with zero attached hydrogens (tertiary/aromatic N) is 2. The largest absolute Gasteiger partial charge is 0.494 e. The zero-order valence-corrected chi connectivity index (χ0v) is 23.0. The number of anilines is 4. The number of carbonyl (C=O) groups excluding carboxylic acids is 2. The van der Waals surface area contributed by atoms with Crippen LogP contribution in [-0.4, -0.2) is 52.9 Å². The molecule has 0 saturated carbocycles. The SMILES string of the molecule is CSCCC1NC(=O)COc2cccc(c2)Nc2cc(ncn2)Nc2cccc(c2)OCCCCCCC1=O. The zero-order chi connectivity index (χ0) is 27.3. The summed E-state index contributed by atoms with van der Waals surface area (Å²) in [6.07, 6.45) is 8.12. The van der Waals surface area contributed by atoms with Gasteiger partial charge in [-0.2, -0.15) is 11.8 Å². The summed E-state index contributed by atoms with van der Waals surface area (Å²) >= 11 is 1.66. The van der Waals surface area contributed by atoms with Gasteiger partial charge in [0.2, 0.25) is 0 Å². The molecular weight excluding hydrogens is 514 g/mol. The number of Topliss-reactive ketones (excluding diaryl/α,β-unsaturated/α-hetero) is 1. The first-order valence-corrected chi connectivity index (χ1v) is 14.6. The second-order valence-corrected chi connectivity index (χ2v) is 10.2. The number of aromatic nitrogens is 2. The molecule has 1 amide bonds. The van der Waals surface area contributed by atoms with E-state index in [0.717, 1.165) is 48.6 Å². The number of amides is 1. The second-order valence-electron chi connectivity index (χ2n) is 9.26. The summed E-state index contributed by atoms with van der Waals surface area (Å²) in [6.45, 7) is 0.428. The lowest BCUT2D eigenvalue weighted by Gasteiger charge is -2.18. The lowest BCUT2D eigenvalue weighted by molar-refractivity contribution is -0.129. The Hall–Kier alpha value is -3.79. The minimum atomic E-state index is -0.497. The molecule has 206 valence electrons. The van der Waals surface area contributed by atoms with E-state index < -0.39 is 6.04 Å². The third-order valence-corrected chi connectivity index (χ3v) is 6.81. The van der Waals surface area contributed by atoms with E-state index in [9.17, 15) is 9.59 Å². The molecule has 3 N–H and O–H groups in total. The Labute approximate surface area is 233 Å². The van der Waals surface area contributed by atoms with Crippen LogP contribution >= 0.6 is 11.8 Å². The molecule has 4 rings (SSSR count). The highest BCUT2D eigenvalue weighted by atomic mass is 32.2. The molecular formula is C29H35N5O4S. The van der Waals surface area contributed by atoms with E-state index in [0.29, 0.717) is 36.8 Å². The second kappa shape index (κ2) is 15.0. The van der Waals surface area contributed by atoms with Gasteiger partial charge in [-0.1, -0.05) is 25.0 Å². The molecule has 2 heterocycles. The molecule has 1 atom stereocenters. The van der Waals surface area contributed by atoms with Crippen LogP contribution in [0.1, 0.15) is 38.5 Å². The predicted molar refractivity (Wildman–Crippen MR) is 155 cm³/mol. The Morgan fingerprint density at radius 1 is 0.872 bits per heavy atom. The van der Waals surface area contributed by atoms with E-state index in [1.165, 1.54) is 6.33 Å². The van der Waals surface area contributed by atoms with Crippen LogP contribution in [0.2, 0.25) is 0 Å². The fourth-order valence-electron chi connectivity index (χ4n) is 4.17. The van der Waals surface area contributed by atoms with E-state index in [1.807, 2.05) is 42.7 Å². The Morgan fingerprint density at radius 3 is 2.23 bits per heavy atom. The average Bonchev–Trinajstić information content (AvgIpc) is 2.93. The van der Waals surface area contributed by atoms with Crippen LogP contribution in [-0.2, 0) is 9.59 Å². The maximum Gasteiger partial charge on any atom is 0.258 e. The summed E-state index contributed by atoms with van der Waals surface area (Å²) in [5, 5.41) is 9.42. The molecule has 1 aromatic heterocycles. The molecule has 0 radical (unpaired) electrons. The van der Waals surface area contributed by atoms with E-state index in [1.54, 1.807) is 30.0 Å². The molecule has 2 aromatic carbocycles. The first kappa shape index (κ1) is 28.2. The standard InChI is InChI=1S/C29H35N5O4S/c1-39-15-13-25-26(35)12-4-2-3-5-14-37-23-10-6-8-21(16-23)32-27-18-28(31-20-30-27)33-22-9-7-11-24(17-22)38-19-29(36)34-25/h6-11,16-18,20,25H,2-5,12-15,19H2,1H3,(H,34,36)(H2,30,31,32,33). The van der Waals surface area contributed by atoms with E-state index >= 15 is 0 Å². The zero-order valence-electron chi connectivity index (χ0n) is 22.2. The Morgan fingerprint density at radius 2 is 1.54 bits per heavy atom. The summed E-state index contributed by atoms with van der Waals surface area (Å²) in [5.41, 5.74) is 1.60. The number of hydrogen-bond donors (Lipinski definition) is 3. The van der Waals surface area contributed by atoms with Crippen LogP contribution in [0.5, 0.6) is 11.5 Å². The monoisotopic (exact) mass is 549 g/mol. The summed E-state index contributed by atoms with van der Waals surface area (Å²) in [4.78, 5) is 34.1. The molecule has 0 saturated heterocycles. The molecule has 0 fully saturated rings. The van der Waals surface area contributed by atoms with Gasteiger partial charge >= 0.3 is 0 Å². The van der Waals surface area contributed by atoms with Gasteiger partial charge in [0, 0.05) is 36.0 Å². The number of ketones is 1. The third kappa shape index (κ3) is 9.47. The van der Waals surface area contributed by atoms with Gasteiger partial charge in [0.05, 0.1) is 12.6 Å². The number of fused-ring (bicyclic) bond motifs is 6. The fraction of sp³-hybridized carbons (Fsp3) is 0.379. The number of carbonyl (C=O) groups is 2. The lowest BCUT2D eigenvalue weighted by Crippen LogP contribution is -2.43. The molecule has 1 aliphatic rings. The Bertz CT molecular complexity index is 1240. The van der Waals surface area contributed by atoms with Crippen LogP contribution in [0.25, 0.3) is 0 Å². The maximum absolute atomic E-state index is 12.9. The molecule has 6 bridgehead atoms. The van der Waals surface area contributed by atoms with Crippen molar-refractivity contribution in [3.63, 3.8) is 0 Å². The van der Waals surface area contributed by atoms with Crippen molar-refractivity contribution in [2.24, 2.45) is 0 Å². The van der Waals surface area contributed by atoms with Gasteiger partial charge in [-0.3, -0.25) is 9.59 Å². The lowest BCUT2D eigenvalue weighted by atomic mass is 10.0. The van der Waals surface area contributed by atoms with Crippen molar-refractivity contribution in [1.82, 2.24) is 15.3 Å². The van der Waals surface area contributed by atoms with Crippen molar-refractivity contribution >= 4 is 46.5 Å². The summed E-state index contributed by atoms with van der Waals surface area (Å²) in [7, 11) is 0. The number of hydrogen-bond acceptors (Lipinski definition) is 9. The Balaban J connectivity index is 1.49. The van der Waals surface area contributed by atoms with Gasteiger partial charge in [0.1, 0.15) is 29.5 Å². The van der Waals surface area contributed by atoms with Crippen LogP contribution in [0, 0.1) is 0 Å². The van der Waals surface area contributed by atoms with Gasteiger partial charge in [0.25, 0.3) is 5.91 Å². The number of nitrogens with one attached hydrogen (secondary N) is 3. The minimum absolute atomic E-state index is 0.0721. The molecule has 0 aliphatic carbocycles. The number of rotatable bonds is 3. The van der Waals surface area contributed by atoms with Crippen molar-refractivity contribution < 1.29 is 19.1 Å². The van der Waals surface area contributed by atoms with Crippen molar-refractivity contribution in [1.29, 1.82) is 0 Å². The first-order chi connectivity index (χ1) is 19.1. The molecule has 3 aromatic rings. The van der Waals surface area contributed by atoms with Crippen LogP contribution < -0.4 is 25.4 Å². The number of ether oxygens (including phenoxy) is 2. The highest BCUT2D eigenvalue weighted by Gasteiger charge is 2.20. The highest BCUT2D eigenvalue weighted by Crippen LogP contribution is 2.24. The molecule has 1 unspecified atom stereocenters. The van der Waals surface area contributed by atoms with Crippen molar-refractivity contribution in [2.45, 2.75) is 44.6 Å².